The number of ether oxygens (including phenoxy) is 2. The number of Topliss-reactive ketones (excluding diaryl/α,β-unsaturated/α-hetero) is 1. The summed E-state index contributed by atoms with van der Waals surface area (Å²) in [6.07, 6.45) is 1.58. The Morgan fingerprint density at radius 3 is 2.66 bits per heavy atom. The second-order valence-electron chi connectivity index (χ2n) is 10.8. The summed E-state index contributed by atoms with van der Waals surface area (Å²) in [6.45, 7) is 6.93. The third-order valence-corrected chi connectivity index (χ3v) is 9.47. The highest BCUT2D eigenvalue weighted by Gasteiger charge is 2.79. The van der Waals surface area contributed by atoms with E-state index in [9.17, 15) is 14.7 Å². The van der Waals surface area contributed by atoms with Gasteiger partial charge in [-0.2, -0.15) is 0 Å². The molecule has 0 aromatic heterocycles. The highest BCUT2D eigenvalue weighted by molar-refractivity contribution is 6.01. The minimum atomic E-state index is -2.16. The predicted molar refractivity (Wildman–Crippen MR) is 112 cm³/mol. The summed E-state index contributed by atoms with van der Waals surface area (Å²) < 4.78 is 45.1. The Morgan fingerprint density at radius 2 is 2.00 bits per heavy atom. The molecule has 1 heterocycles. The van der Waals surface area contributed by atoms with Crippen LogP contribution in [0.4, 0.5) is 8.78 Å². The molecule has 4 fully saturated rings. The van der Waals surface area contributed by atoms with Gasteiger partial charge in [-0.15, -0.1) is 0 Å². The summed E-state index contributed by atoms with van der Waals surface area (Å²) in [5.41, 5.74) is -5.67. The number of ketones is 2. The molecule has 0 amide bonds. The second-order valence-corrected chi connectivity index (χ2v) is 10.8. The van der Waals surface area contributed by atoms with Gasteiger partial charge in [-0.05, 0) is 63.2 Å². The minimum Gasteiger partial charge on any atom is -0.390 e. The number of carbonyl (C=O) groups is 2. The molecule has 0 radical (unpaired) electrons. The van der Waals surface area contributed by atoms with Gasteiger partial charge in [-0.3, -0.25) is 9.59 Å². The Labute approximate surface area is 187 Å². The average Bonchev–Trinajstić information content (AvgIpc) is 3.19. The maximum absolute atomic E-state index is 17.2. The van der Waals surface area contributed by atoms with Gasteiger partial charge in [0.15, 0.2) is 29.1 Å². The van der Waals surface area contributed by atoms with Crippen LogP contribution in [-0.2, 0) is 19.1 Å². The lowest BCUT2D eigenvalue weighted by Gasteiger charge is -2.63. The van der Waals surface area contributed by atoms with Crippen molar-refractivity contribution < 1.29 is 33.0 Å². The number of fused-ring (bicyclic) bond motifs is 7. The Bertz CT molecular complexity index is 931. The molecule has 4 aliphatic carbocycles. The Kier molecular flexibility index (Phi) is 4.75. The van der Waals surface area contributed by atoms with Crippen LogP contribution in [0, 0.1) is 22.7 Å². The first-order valence-electron chi connectivity index (χ1n) is 11.8. The van der Waals surface area contributed by atoms with Gasteiger partial charge < -0.3 is 14.6 Å². The van der Waals surface area contributed by atoms with Gasteiger partial charge in [0.1, 0.15) is 6.17 Å². The third kappa shape index (κ3) is 2.38. The molecule has 10 atom stereocenters. The van der Waals surface area contributed by atoms with Crippen LogP contribution >= 0.6 is 0 Å². The summed E-state index contributed by atoms with van der Waals surface area (Å²) in [7, 11) is 0. The molecule has 0 bridgehead atoms. The van der Waals surface area contributed by atoms with Crippen molar-refractivity contribution in [3.05, 3.63) is 23.8 Å². The predicted octanol–water partition coefficient (Wildman–Crippen LogP) is 3.78. The summed E-state index contributed by atoms with van der Waals surface area (Å²) in [6, 6.07) is 0. The largest absolute Gasteiger partial charge is 0.390 e. The van der Waals surface area contributed by atoms with E-state index in [1.165, 1.54) is 25.2 Å². The van der Waals surface area contributed by atoms with Crippen LogP contribution in [0.15, 0.2) is 23.8 Å². The first-order valence-corrected chi connectivity index (χ1v) is 11.8. The van der Waals surface area contributed by atoms with Gasteiger partial charge >= 0.3 is 0 Å². The van der Waals surface area contributed by atoms with Crippen molar-refractivity contribution in [3.8, 4) is 0 Å². The monoisotopic (exact) mass is 450 g/mol. The van der Waals surface area contributed by atoms with Gasteiger partial charge in [0, 0.05) is 16.7 Å². The molecule has 1 aliphatic heterocycles. The van der Waals surface area contributed by atoms with E-state index < -0.39 is 58.6 Å². The number of aliphatic hydroxyl groups excluding tert-OH is 1. The average molecular weight is 451 g/mol. The zero-order chi connectivity index (χ0) is 23.3. The Morgan fingerprint density at radius 1 is 1.28 bits per heavy atom. The molecule has 1 saturated heterocycles. The number of alkyl halides is 2. The molecule has 0 aromatic carbocycles. The molecule has 1 unspecified atom stereocenters. The van der Waals surface area contributed by atoms with Crippen molar-refractivity contribution in [2.24, 2.45) is 22.7 Å². The number of hydrogen-bond donors (Lipinski definition) is 1. The fourth-order valence-electron chi connectivity index (χ4n) is 8.03. The SMILES string of the molecule is CCCC1O[C@@H]2C[C@H]3[C@@H]4C[C@H](F)C5=CC(=O)C=C[C@]5(C)[C@@]4(F)[C@@H](O)C[C@]3(C)[C@]2(C(C)=O)O1. The van der Waals surface area contributed by atoms with Crippen LogP contribution in [0.25, 0.3) is 0 Å². The van der Waals surface area contributed by atoms with E-state index in [0.29, 0.717) is 12.8 Å². The second kappa shape index (κ2) is 6.80. The van der Waals surface area contributed by atoms with Crippen molar-refractivity contribution in [2.45, 2.75) is 95.7 Å². The zero-order valence-electron chi connectivity index (χ0n) is 19.1. The van der Waals surface area contributed by atoms with Crippen molar-refractivity contribution in [1.29, 1.82) is 0 Å². The highest BCUT2D eigenvalue weighted by atomic mass is 19.1. The van der Waals surface area contributed by atoms with Gasteiger partial charge in [0.25, 0.3) is 0 Å². The molecular formula is C25H32F2O5. The molecule has 176 valence electrons. The van der Waals surface area contributed by atoms with Crippen molar-refractivity contribution in [2.75, 3.05) is 0 Å². The van der Waals surface area contributed by atoms with Gasteiger partial charge in [0.2, 0.25) is 0 Å². The van der Waals surface area contributed by atoms with Crippen molar-refractivity contribution in [1.82, 2.24) is 0 Å². The molecule has 7 heteroatoms. The summed E-state index contributed by atoms with van der Waals surface area (Å²) >= 11 is 0. The van der Waals surface area contributed by atoms with Crippen molar-refractivity contribution in [3.63, 3.8) is 0 Å². The zero-order valence-corrected chi connectivity index (χ0v) is 19.1. The molecule has 1 N–H and O–H groups in total. The maximum Gasteiger partial charge on any atom is 0.178 e. The van der Waals surface area contributed by atoms with Crippen LogP contribution in [0.1, 0.15) is 59.8 Å². The Hall–Kier alpha value is -1.44. The number of allylic oxidation sites excluding steroid dienone is 4. The lowest BCUT2D eigenvalue weighted by Crippen LogP contribution is -2.70. The summed E-state index contributed by atoms with van der Waals surface area (Å²) in [5, 5.41) is 11.4. The van der Waals surface area contributed by atoms with Crippen LogP contribution in [0.3, 0.4) is 0 Å². The van der Waals surface area contributed by atoms with E-state index in [2.05, 4.69) is 0 Å². The Balaban J connectivity index is 1.62. The third-order valence-electron chi connectivity index (χ3n) is 9.47. The minimum absolute atomic E-state index is 0.00452. The first-order chi connectivity index (χ1) is 15.0. The smallest absolute Gasteiger partial charge is 0.178 e. The first kappa shape index (κ1) is 22.4. The van der Waals surface area contributed by atoms with E-state index in [1.807, 2.05) is 13.8 Å². The molecule has 0 spiro atoms. The molecule has 32 heavy (non-hydrogen) atoms. The maximum atomic E-state index is 17.2. The van der Waals surface area contributed by atoms with E-state index in [-0.39, 0.29) is 30.0 Å². The lowest BCUT2D eigenvalue weighted by atomic mass is 9.44. The van der Waals surface area contributed by atoms with E-state index >= 15 is 8.78 Å². The normalized spacial score (nSPS) is 53.8. The topological polar surface area (TPSA) is 72.8 Å². The molecule has 0 aromatic rings. The number of rotatable bonds is 3. The summed E-state index contributed by atoms with van der Waals surface area (Å²) in [4.78, 5) is 25.0. The van der Waals surface area contributed by atoms with E-state index in [1.54, 1.807) is 6.92 Å². The van der Waals surface area contributed by atoms with Gasteiger partial charge in [-0.25, -0.2) is 8.78 Å². The number of hydrogen-bond acceptors (Lipinski definition) is 5. The number of carbonyl (C=O) groups excluding carboxylic acids is 2. The van der Waals surface area contributed by atoms with Crippen LogP contribution in [0.2, 0.25) is 0 Å². The fraction of sp³-hybridized carbons (Fsp3) is 0.760. The number of aliphatic hydroxyl groups is 1. The van der Waals surface area contributed by atoms with Crippen molar-refractivity contribution >= 4 is 11.6 Å². The highest BCUT2D eigenvalue weighted by Crippen LogP contribution is 2.72. The summed E-state index contributed by atoms with van der Waals surface area (Å²) in [5.74, 6) is -1.81. The van der Waals surface area contributed by atoms with E-state index in [4.69, 9.17) is 9.47 Å². The quantitative estimate of drug-likeness (QED) is 0.709. The van der Waals surface area contributed by atoms with Crippen LogP contribution in [0.5, 0.6) is 0 Å². The van der Waals surface area contributed by atoms with Gasteiger partial charge in [-0.1, -0.05) is 26.3 Å². The van der Waals surface area contributed by atoms with Crippen LogP contribution in [-0.4, -0.2) is 52.6 Å². The molecule has 5 aliphatic rings. The van der Waals surface area contributed by atoms with E-state index in [0.717, 1.165) is 6.42 Å². The molecular weight excluding hydrogens is 418 g/mol. The molecule has 5 rings (SSSR count). The number of halogens is 2. The van der Waals surface area contributed by atoms with Gasteiger partial charge in [0.05, 0.1) is 12.2 Å². The standard InChI is InChI=1S/C25H32F2O5/c1-5-6-21-31-20-11-15-16-10-18(26)17-9-14(29)7-8-22(17,3)24(16,27)19(30)12-23(15,4)25(20,32-21)13(2)28/h7-9,15-16,18-21,30H,5-6,10-12H2,1-4H3/t15-,16-,18-,19-,20+,21?,22-,23-,24-,25+/m0/s1. The molecule has 5 nitrogen and oxygen atoms in total. The molecule has 3 saturated carbocycles. The lowest BCUT2D eigenvalue weighted by molar-refractivity contribution is -0.233. The fourth-order valence-corrected chi connectivity index (χ4v) is 8.03. The van der Waals surface area contributed by atoms with Crippen LogP contribution < -0.4 is 0 Å².